The van der Waals surface area contributed by atoms with Crippen molar-refractivity contribution in [1.29, 1.82) is 0 Å². The lowest BCUT2D eigenvalue weighted by atomic mass is 10.0. The van der Waals surface area contributed by atoms with Crippen LogP contribution < -0.4 is 21.1 Å². The third-order valence-electron chi connectivity index (χ3n) is 3.76. The van der Waals surface area contributed by atoms with Crippen molar-refractivity contribution < 1.29 is 9.53 Å². The summed E-state index contributed by atoms with van der Waals surface area (Å²) in [4.78, 5) is 23.9. The number of nitrogens with zero attached hydrogens (tertiary/aromatic N) is 3. The Morgan fingerprint density at radius 2 is 2.19 bits per heavy atom. The molecular formula is C17H21IN6O2. The molecule has 0 aliphatic carbocycles. The number of para-hydroxylation sites is 1. The normalized spacial score (nSPS) is 15.8. The van der Waals surface area contributed by atoms with Gasteiger partial charge in [0.25, 0.3) is 5.91 Å². The van der Waals surface area contributed by atoms with Crippen LogP contribution in [0.2, 0.25) is 0 Å². The Morgan fingerprint density at radius 1 is 1.35 bits per heavy atom. The molecule has 1 aromatic heterocycles. The van der Waals surface area contributed by atoms with E-state index < -0.39 is 0 Å². The van der Waals surface area contributed by atoms with Gasteiger partial charge in [-0.1, -0.05) is 18.2 Å². The molecule has 0 saturated carbocycles. The standard InChI is InChI=1S/C17H20N6O2.HI/c18-17(22-9-8-21-16(24)14-11-19-6-7-20-14)23-13-5-10-25-15-4-2-1-3-12(13)15;/h1-4,6-7,11,13H,5,8-10H2,(H,21,24)(H3,18,22,23);1H. The summed E-state index contributed by atoms with van der Waals surface area (Å²) in [6.07, 6.45) is 5.22. The SMILES string of the molecule is I.NC(=NCCNC(=O)c1cnccn1)NC1CCOc2ccccc21. The van der Waals surface area contributed by atoms with Gasteiger partial charge in [0, 0.05) is 30.9 Å². The molecule has 1 aromatic carbocycles. The third-order valence-corrected chi connectivity index (χ3v) is 3.76. The van der Waals surface area contributed by atoms with E-state index in [-0.39, 0.29) is 41.6 Å². The molecule has 138 valence electrons. The number of hydrogen-bond donors (Lipinski definition) is 3. The van der Waals surface area contributed by atoms with Gasteiger partial charge in [0.1, 0.15) is 11.4 Å². The van der Waals surface area contributed by atoms with Crippen molar-refractivity contribution in [3.05, 3.63) is 54.1 Å². The Kier molecular flexibility index (Phi) is 7.57. The maximum Gasteiger partial charge on any atom is 0.271 e. The molecule has 0 spiro atoms. The van der Waals surface area contributed by atoms with Gasteiger partial charge in [-0.2, -0.15) is 0 Å². The number of aliphatic imine (C=N–C) groups is 1. The molecule has 4 N–H and O–H groups in total. The molecule has 2 heterocycles. The van der Waals surface area contributed by atoms with Gasteiger partial charge in [-0.05, 0) is 6.07 Å². The zero-order valence-electron chi connectivity index (χ0n) is 14.1. The van der Waals surface area contributed by atoms with E-state index in [4.69, 9.17) is 10.5 Å². The van der Waals surface area contributed by atoms with Crippen LogP contribution in [0.4, 0.5) is 0 Å². The molecule has 3 rings (SSSR count). The van der Waals surface area contributed by atoms with Gasteiger partial charge in [-0.3, -0.25) is 14.8 Å². The summed E-state index contributed by atoms with van der Waals surface area (Å²) in [5, 5.41) is 5.93. The summed E-state index contributed by atoms with van der Waals surface area (Å²) in [5.41, 5.74) is 7.30. The molecule has 1 aliphatic rings. The average Bonchev–Trinajstić information content (AvgIpc) is 2.66. The summed E-state index contributed by atoms with van der Waals surface area (Å²) in [6.45, 7) is 1.37. The van der Waals surface area contributed by atoms with Gasteiger partial charge in [0.15, 0.2) is 5.96 Å². The number of carbonyl (C=O) groups excluding carboxylic acids is 1. The zero-order chi connectivity index (χ0) is 17.5. The van der Waals surface area contributed by atoms with E-state index in [2.05, 4.69) is 25.6 Å². The summed E-state index contributed by atoms with van der Waals surface area (Å²) in [6, 6.07) is 7.94. The molecule has 9 heteroatoms. The van der Waals surface area contributed by atoms with Crippen LogP contribution in [0.15, 0.2) is 47.8 Å². The number of nitrogens with one attached hydrogen (secondary N) is 2. The van der Waals surface area contributed by atoms with Crippen LogP contribution in [0, 0.1) is 0 Å². The Bertz CT molecular complexity index is 756. The highest BCUT2D eigenvalue weighted by atomic mass is 127. The monoisotopic (exact) mass is 468 g/mol. The fourth-order valence-electron chi connectivity index (χ4n) is 2.57. The van der Waals surface area contributed by atoms with Crippen LogP contribution in [0.5, 0.6) is 5.75 Å². The molecule has 2 aromatic rings. The molecule has 0 fully saturated rings. The molecule has 1 amide bonds. The average molecular weight is 468 g/mol. The van der Waals surface area contributed by atoms with Gasteiger partial charge in [0.2, 0.25) is 0 Å². The number of aromatic nitrogens is 2. The number of amides is 1. The topological polar surface area (TPSA) is 115 Å². The minimum absolute atomic E-state index is 0. The lowest BCUT2D eigenvalue weighted by molar-refractivity contribution is 0.0949. The van der Waals surface area contributed by atoms with Crippen LogP contribution in [0.3, 0.4) is 0 Å². The molecular weight excluding hydrogens is 447 g/mol. The fraction of sp³-hybridized carbons (Fsp3) is 0.294. The van der Waals surface area contributed by atoms with E-state index in [1.54, 1.807) is 0 Å². The number of rotatable bonds is 5. The van der Waals surface area contributed by atoms with Gasteiger partial charge < -0.3 is 21.1 Å². The predicted molar refractivity (Wildman–Crippen MR) is 109 cm³/mol. The Hall–Kier alpha value is -2.43. The van der Waals surface area contributed by atoms with E-state index in [0.29, 0.717) is 25.7 Å². The number of carbonyl (C=O) groups is 1. The van der Waals surface area contributed by atoms with Crippen LogP contribution in [-0.2, 0) is 0 Å². The molecule has 8 nitrogen and oxygen atoms in total. The number of benzene rings is 1. The minimum Gasteiger partial charge on any atom is -0.493 e. The first-order valence-electron chi connectivity index (χ1n) is 8.06. The second-order valence-corrected chi connectivity index (χ2v) is 5.49. The maximum absolute atomic E-state index is 11.8. The van der Waals surface area contributed by atoms with Crippen molar-refractivity contribution in [3.63, 3.8) is 0 Å². The first-order chi connectivity index (χ1) is 12.2. The quantitative estimate of drug-likeness (QED) is 0.264. The van der Waals surface area contributed by atoms with Crippen LogP contribution in [0.25, 0.3) is 0 Å². The van der Waals surface area contributed by atoms with Crippen LogP contribution in [-0.4, -0.2) is 41.5 Å². The molecule has 0 bridgehead atoms. The van der Waals surface area contributed by atoms with Crippen LogP contribution >= 0.6 is 24.0 Å². The minimum atomic E-state index is -0.284. The number of halogens is 1. The summed E-state index contributed by atoms with van der Waals surface area (Å²) in [5.74, 6) is 0.930. The molecule has 0 radical (unpaired) electrons. The number of ether oxygens (including phenoxy) is 1. The number of hydrogen-bond acceptors (Lipinski definition) is 5. The first kappa shape index (κ1) is 19.9. The van der Waals surface area contributed by atoms with Crippen molar-refractivity contribution in [3.8, 4) is 5.75 Å². The zero-order valence-corrected chi connectivity index (χ0v) is 16.4. The number of nitrogens with two attached hydrogens (primary N) is 1. The summed E-state index contributed by atoms with van der Waals surface area (Å²) >= 11 is 0. The smallest absolute Gasteiger partial charge is 0.271 e. The number of guanidine groups is 1. The highest BCUT2D eigenvalue weighted by Gasteiger charge is 2.21. The van der Waals surface area contributed by atoms with E-state index in [1.807, 2.05) is 24.3 Å². The van der Waals surface area contributed by atoms with E-state index in [0.717, 1.165) is 17.7 Å². The van der Waals surface area contributed by atoms with Gasteiger partial charge in [0.05, 0.1) is 25.4 Å². The molecule has 1 aliphatic heterocycles. The van der Waals surface area contributed by atoms with Crippen molar-refractivity contribution in [2.24, 2.45) is 10.7 Å². The Morgan fingerprint density at radius 3 is 3.00 bits per heavy atom. The van der Waals surface area contributed by atoms with E-state index in [9.17, 15) is 4.79 Å². The third kappa shape index (κ3) is 5.28. The van der Waals surface area contributed by atoms with E-state index in [1.165, 1.54) is 18.6 Å². The first-order valence-corrected chi connectivity index (χ1v) is 8.06. The molecule has 1 atom stereocenters. The predicted octanol–water partition coefficient (Wildman–Crippen LogP) is 1.25. The van der Waals surface area contributed by atoms with Gasteiger partial charge in [-0.15, -0.1) is 24.0 Å². The molecule has 0 saturated heterocycles. The van der Waals surface area contributed by atoms with Gasteiger partial charge in [-0.25, -0.2) is 4.98 Å². The van der Waals surface area contributed by atoms with Crippen molar-refractivity contribution in [2.45, 2.75) is 12.5 Å². The highest BCUT2D eigenvalue weighted by molar-refractivity contribution is 14.0. The summed E-state index contributed by atoms with van der Waals surface area (Å²) < 4.78 is 5.62. The van der Waals surface area contributed by atoms with Crippen LogP contribution in [0.1, 0.15) is 28.5 Å². The molecule has 26 heavy (non-hydrogen) atoms. The fourth-order valence-corrected chi connectivity index (χ4v) is 2.57. The Balaban J connectivity index is 0.00000243. The number of fused-ring (bicyclic) bond motifs is 1. The largest absolute Gasteiger partial charge is 0.493 e. The van der Waals surface area contributed by atoms with E-state index >= 15 is 0 Å². The lowest BCUT2D eigenvalue weighted by Crippen LogP contribution is -2.38. The maximum atomic E-state index is 11.8. The van der Waals surface area contributed by atoms with Crippen molar-refractivity contribution in [2.75, 3.05) is 19.7 Å². The lowest BCUT2D eigenvalue weighted by Gasteiger charge is -2.26. The second kappa shape index (κ2) is 9.90. The van der Waals surface area contributed by atoms with Crippen molar-refractivity contribution in [1.82, 2.24) is 20.6 Å². The highest BCUT2D eigenvalue weighted by Crippen LogP contribution is 2.31. The van der Waals surface area contributed by atoms with Gasteiger partial charge >= 0.3 is 0 Å². The molecule has 1 unspecified atom stereocenters. The summed E-state index contributed by atoms with van der Waals surface area (Å²) in [7, 11) is 0. The van der Waals surface area contributed by atoms with Crippen molar-refractivity contribution >= 4 is 35.8 Å². The second-order valence-electron chi connectivity index (χ2n) is 5.49. The Labute approximate surface area is 168 Å².